The molecule has 1 heterocycles. The van der Waals surface area contributed by atoms with Crippen molar-refractivity contribution in [2.24, 2.45) is 5.73 Å². The average Bonchev–Trinajstić information content (AvgIpc) is 2.40. The molecule has 0 bridgehead atoms. The highest BCUT2D eigenvalue weighted by molar-refractivity contribution is 5.90. The van der Waals surface area contributed by atoms with Gasteiger partial charge in [-0.1, -0.05) is 18.2 Å². The molecular weight excluding hydrogens is 230 g/mol. The first-order valence-electron chi connectivity index (χ1n) is 6.16. The van der Waals surface area contributed by atoms with E-state index in [0.717, 1.165) is 11.3 Å². The first kappa shape index (κ1) is 12.9. The van der Waals surface area contributed by atoms with E-state index in [0.29, 0.717) is 26.3 Å². The zero-order chi connectivity index (χ0) is 13.0. The molecule has 1 atom stereocenters. The number of amides is 2. The van der Waals surface area contributed by atoms with Crippen molar-refractivity contribution in [3.05, 3.63) is 29.8 Å². The summed E-state index contributed by atoms with van der Waals surface area (Å²) < 4.78 is 5.22. The fourth-order valence-electron chi connectivity index (χ4n) is 1.97. The number of para-hydroxylation sites is 1. The van der Waals surface area contributed by atoms with Gasteiger partial charge < -0.3 is 20.7 Å². The summed E-state index contributed by atoms with van der Waals surface area (Å²) in [7, 11) is 0. The number of hydrogen-bond donors (Lipinski definition) is 2. The lowest BCUT2D eigenvalue weighted by Gasteiger charge is -2.27. The molecule has 1 fully saturated rings. The van der Waals surface area contributed by atoms with Crippen molar-refractivity contribution in [1.82, 2.24) is 4.90 Å². The van der Waals surface area contributed by atoms with Gasteiger partial charge in [0.2, 0.25) is 0 Å². The standard InChI is InChI=1S/C13H19N3O2/c1-10(14)11-4-2-3-5-12(11)15-13(17)16-6-8-18-9-7-16/h2-5,10H,6-9,14H2,1H3,(H,15,17). The molecular formula is C13H19N3O2. The summed E-state index contributed by atoms with van der Waals surface area (Å²) >= 11 is 0. The molecule has 0 saturated carbocycles. The number of carbonyl (C=O) groups excluding carboxylic acids is 1. The number of benzene rings is 1. The molecule has 3 N–H and O–H groups in total. The fourth-order valence-corrected chi connectivity index (χ4v) is 1.97. The minimum absolute atomic E-state index is 0.0913. The van der Waals surface area contributed by atoms with Crippen LogP contribution in [-0.4, -0.2) is 37.2 Å². The number of hydrogen-bond acceptors (Lipinski definition) is 3. The van der Waals surface area contributed by atoms with Crippen molar-refractivity contribution in [2.75, 3.05) is 31.6 Å². The molecule has 0 aliphatic carbocycles. The van der Waals surface area contributed by atoms with Crippen LogP contribution < -0.4 is 11.1 Å². The SMILES string of the molecule is CC(N)c1ccccc1NC(=O)N1CCOCC1. The van der Waals surface area contributed by atoms with Gasteiger partial charge in [0.15, 0.2) is 0 Å². The number of rotatable bonds is 2. The van der Waals surface area contributed by atoms with Crippen molar-refractivity contribution in [1.29, 1.82) is 0 Å². The van der Waals surface area contributed by atoms with Crippen LogP contribution >= 0.6 is 0 Å². The number of ether oxygens (including phenoxy) is 1. The number of anilines is 1. The van der Waals surface area contributed by atoms with Gasteiger partial charge in [0.25, 0.3) is 0 Å². The first-order valence-corrected chi connectivity index (χ1v) is 6.16. The quantitative estimate of drug-likeness (QED) is 0.836. The molecule has 1 aliphatic heterocycles. The van der Waals surface area contributed by atoms with Crippen LogP contribution in [0.15, 0.2) is 24.3 Å². The molecule has 1 unspecified atom stereocenters. The summed E-state index contributed by atoms with van der Waals surface area (Å²) in [6.07, 6.45) is 0. The number of nitrogens with two attached hydrogens (primary N) is 1. The molecule has 0 aromatic heterocycles. The van der Waals surface area contributed by atoms with Gasteiger partial charge in [0, 0.05) is 24.8 Å². The molecule has 1 aromatic carbocycles. The van der Waals surface area contributed by atoms with E-state index in [2.05, 4.69) is 5.32 Å². The number of nitrogens with one attached hydrogen (secondary N) is 1. The molecule has 0 radical (unpaired) electrons. The predicted octanol–water partition coefficient (Wildman–Crippen LogP) is 1.57. The fraction of sp³-hybridized carbons (Fsp3) is 0.462. The van der Waals surface area contributed by atoms with E-state index < -0.39 is 0 Å². The van der Waals surface area contributed by atoms with E-state index in [1.807, 2.05) is 31.2 Å². The Balaban J connectivity index is 2.06. The molecule has 0 spiro atoms. The minimum atomic E-state index is -0.105. The van der Waals surface area contributed by atoms with Crippen LogP contribution in [0.1, 0.15) is 18.5 Å². The predicted molar refractivity (Wildman–Crippen MR) is 70.5 cm³/mol. The second kappa shape index (κ2) is 5.84. The Morgan fingerprint density at radius 2 is 2.06 bits per heavy atom. The maximum absolute atomic E-state index is 12.1. The third kappa shape index (κ3) is 3.00. The van der Waals surface area contributed by atoms with Crippen LogP contribution in [0, 0.1) is 0 Å². The Morgan fingerprint density at radius 1 is 1.39 bits per heavy atom. The first-order chi connectivity index (χ1) is 8.68. The Bertz CT molecular complexity index is 414. The Labute approximate surface area is 107 Å². The molecule has 1 saturated heterocycles. The number of morpholine rings is 1. The van der Waals surface area contributed by atoms with Crippen molar-refractivity contribution in [3.8, 4) is 0 Å². The second-order valence-electron chi connectivity index (χ2n) is 4.41. The Morgan fingerprint density at radius 3 is 2.72 bits per heavy atom. The number of carbonyl (C=O) groups is 1. The summed E-state index contributed by atoms with van der Waals surface area (Å²) in [6, 6.07) is 7.41. The van der Waals surface area contributed by atoms with E-state index in [1.165, 1.54) is 0 Å². The zero-order valence-corrected chi connectivity index (χ0v) is 10.6. The molecule has 5 heteroatoms. The van der Waals surface area contributed by atoms with Gasteiger partial charge in [-0.15, -0.1) is 0 Å². The van der Waals surface area contributed by atoms with Gasteiger partial charge in [-0.2, -0.15) is 0 Å². The summed E-state index contributed by atoms with van der Waals surface area (Å²) in [5, 5.41) is 2.91. The van der Waals surface area contributed by atoms with Gasteiger partial charge in [-0.25, -0.2) is 4.79 Å². The summed E-state index contributed by atoms with van der Waals surface area (Å²) in [5.41, 5.74) is 7.61. The topological polar surface area (TPSA) is 67.6 Å². The zero-order valence-electron chi connectivity index (χ0n) is 10.6. The van der Waals surface area contributed by atoms with Crippen LogP contribution in [0.5, 0.6) is 0 Å². The summed E-state index contributed by atoms with van der Waals surface area (Å²) in [6.45, 7) is 4.36. The van der Waals surface area contributed by atoms with Crippen LogP contribution in [0.4, 0.5) is 10.5 Å². The van der Waals surface area contributed by atoms with Crippen molar-refractivity contribution >= 4 is 11.7 Å². The highest BCUT2D eigenvalue weighted by Gasteiger charge is 2.18. The smallest absolute Gasteiger partial charge is 0.322 e. The average molecular weight is 249 g/mol. The number of nitrogens with zero attached hydrogens (tertiary/aromatic N) is 1. The van der Waals surface area contributed by atoms with Crippen molar-refractivity contribution < 1.29 is 9.53 Å². The molecule has 2 rings (SSSR count). The van der Waals surface area contributed by atoms with E-state index in [-0.39, 0.29) is 12.1 Å². The monoisotopic (exact) mass is 249 g/mol. The molecule has 2 amide bonds. The molecule has 18 heavy (non-hydrogen) atoms. The van der Waals surface area contributed by atoms with Gasteiger partial charge >= 0.3 is 6.03 Å². The van der Waals surface area contributed by atoms with Gasteiger partial charge in [-0.05, 0) is 18.6 Å². The van der Waals surface area contributed by atoms with Crippen LogP contribution in [0.3, 0.4) is 0 Å². The lowest BCUT2D eigenvalue weighted by Crippen LogP contribution is -2.43. The highest BCUT2D eigenvalue weighted by Crippen LogP contribution is 2.21. The molecule has 5 nitrogen and oxygen atoms in total. The van der Waals surface area contributed by atoms with E-state index in [1.54, 1.807) is 4.90 Å². The maximum Gasteiger partial charge on any atom is 0.322 e. The van der Waals surface area contributed by atoms with Crippen molar-refractivity contribution in [2.45, 2.75) is 13.0 Å². The number of urea groups is 1. The van der Waals surface area contributed by atoms with E-state index in [9.17, 15) is 4.79 Å². The van der Waals surface area contributed by atoms with Crippen LogP contribution in [0.25, 0.3) is 0 Å². The summed E-state index contributed by atoms with van der Waals surface area (Å²) in [4.78, 5) is 13.8. The highest BCUT2D eigenvalue weighted by atomic mass is 16.5. The third-order valence-electron chi connectivity index (χ3n) is 2.99. The largest absolute Gasteiger partial charge is 0.378 e. The molecule has 1 aromatic rings. The Kier molecular flexibility index (Phi) is 4.17. The van der Waals surface area contributed by atoms with Gasteiger partial charge in [-0.3, -0.25) is 0 Å². The Hall–Kier alpha value is -1.59. The second-order valence-corrected chi connectivity index (χ2v) is 4.41. The van der Waals surface area contributed by atoms with Gasteiger partial charge in [0.1, 0.15) is 0 Å². The van der Waals surface area contributed by atoms with E-state index >= 15 is 0 Å². The lowest BCUT2D eigenvalue weighted by atomic mass is 10.1. The third-order valence-corrected chi connectivity index (χ3v) is 2.99. The van der Waals surface area contributed by atoms with Crippen LogP contribution in [-0.2, 0) is 4.74 Å². The van der Waals surface area contributed by atoms with E-state index in [4.69, 9.17) is 10.5 Å². The lowest BCUT2D eigenvalue weighted by molar-refractivity contribution is 0.0564. The maximum atomic E-state index is 12.1. The molecule has 1 aliphatic rings. The van der Waals surface area contributed by atoms with Gasteiger partial charge in [0.05, 0.1) is 13.2 Å². The minimum Gasteiger partial charge on any atom is -0.378 e. The normalized spacial score (nSPS) is 17.3. The summed E-state index contributed by atoms with van der Waals surface area (Å²) in [5.74, 6) is 0. The van der Waals surface area contributed by atoms with Crippen LogP contribution in [0.2, 0.25) is 0 Å². The van der Waals surface area contributed by atoms with Crippen molar-refractivity contribution in [3.63, 3.8) is 0 Å². The molecule has 98 valence electrons.